The van der Waals surface area contributed by atoms with E-state index in [4.69, 9.17) is 0 Å². The highest BCUT2D eigenvalue weighted by Gasteiger charge is 2.14. The lowest BCUT2D eigenvalue weighted by Crippen LogP contribution is -2.19. The minimum Gasteiger partial charge on any atom is -0.289 e. The van der Waals surface area contributed by atoms with Gasteiger partial charge in [-0.05, 0) is 17.4 Å². The van der Waals surface area contributed by atoms with E-state index < -0.39 is 0 Å². The van der Waals surface area contributed by atoms with E-state index in [1.54, 1.807) is 0 Å². The standard InChI is InChI=1S/C14H21N/c1-11(2)14(12(3)4)15-10-13-8-6-5-7-9-13/h5-12,14H,1-4H3/b15-10+. The molecule has 0 saturated carbocycles. The first kappa shape index (κ1) is 12.0. The normalized spacial score (nSPS) is 12.2. The van der Waals surface area contributed by atoms with Crippen molar-refractivity contribution in [1.29, 1.82) is 0 Å². The van der Waals surface area contributed by atoms with Crippen molar-refractivity contribution < 1.29 is 0 Å². The fraction of sp³-hybridized carbons (Fsp3) is 0.500. The van der Waals surface area contributed by atoms with Crippen LogP contribution in [-0.2, 0) is 0 Å². The van der Waals surface area contributed by atoms with E-state index in [0.717, 1.165) is 0 Å². The maximum atomic E-state index is 4.67. The van der Waals surface area contributed by atoms with Gasteiger partial charge in [0.25, 0.3) is 0 Å². The quantitative estimate of drug-likeness (QED) is 0.660. The number of rotatable bonds is 4. The van der Waals surface area contributed by atoms with Crippen LogP contribution in [0.15, 0.2) is 35.3 Å². The minimum absolute atomic E-state index is 0.421. The number of hydrogen-bond donors (Lipinski definition) is 0. The molecule has 1 aromatic carbocycles. The molecule has 0 aliphatic heterocycles. The molecule has 1 nitrogen and oxygen atoms in total. The first-order valence-corrected chi connectivity index (χ1v) is 5.69. The SMILES string of the molecule is CC(C)C(/N=C/c1ccccc1)C(C)C. The Kier molecular flexibility index (Phi) is 4.54. The van der Waals surface area contributed by atoms with E-state index in [2.05, 4.69) is 44.8 Å². The van der Waals surface area contributed by atoms with Crippen molar-refractivity contribution in [2.24, 2.45) is 16.8 Å². The van der Waals surface area contributed by atoms with Crippen LogP contribution in [0.1, 0.15) is 33.3 Å². The largest absolute Gasteiger partial charge is 0.289 e. The van der Waals surface area contributed by atoms with Gasteiger partial charge in [0.15, 0.2) is 0 Å². The monoisotopic (exact) mass is 203 g/mol. The highest BCUT2D eigenvalue weighted by Crippen LogP contribution is 2.15. The van der Waals surface area contributed by atoms with E-state index >= 15 is 0 Å². The van der Waals surface area contributed by atoms with Crippen molar-refractivity contribution in [3.63, 3.8) is 0 Å². The van der Waals surface area contributed by atoms with Gasteiger partial charge in [-0.25, -0.2) is 0 Å². The van der Waals surface area contributed by atoms with Crippen LogP contribution in [0.2, 0.25) is 0 Å². The van der Waals surface area contributed by atoms with Crippen molar-refractivity contribution in [3.8, 4) is 0 Å². The molecule has 82 valence electrons. The Morgan fingerprint density at radius 2 is 1.47 bits per heavy atom. The summed E-state index contributed by atoms with van der Waals surface area (Å²) < 4.78 is 0. The fourth-order valence-corrected chi connectivity index (χ4v) is 1.83. The van der Waals surface area contributed by atoms with Gasteiger partial charge in [0.05, 0.1) is 6.04 Å². The molecular formula is C14H21N. The van der Waals surface area contributed by atoms with Crippen molar-refractivity contribution in [1.82, 2.24) is 0 Å². The predicted octanol–water partition coefficient (Wildman–Crippen LogP) is 3.79. The van der Waals surface area contributed by atoms with Crippen LogP contribution >= 0.6 is 0 Å². The first-order valence-electron chi connectivity index (χ1n) is 5.69. The predicted molar refractivity (Wildman–Crippen MR) is 67.5 cm³/mol. The van der Waals surface area contributed by atoms with Gasteiger partial charge < -0.3 is 0 Å². The Labute approximate surface area is 93.2 Å². The van der Waals surface area contributed by atoms with Crippen molar-refractivity contribution >= 4 is 6.21 Å². The molecule has 0 N–H and O–H groups in total. The summed E-state index contributed by atoms with van der Waals surface area (Å²) in [5, 5.41) is 0. The molecular weight excluding hydrogens is 182 g/mol. The molecule has 0 fully saturated rings. The van der Waals surface area contributed by atoms with Crippen molar-refractivity contribution in [3.05, 3.63) is 35.9 Å². The third-order valence-electron chi connectivity index (χ3n) is 2.56. The topological polar surface area (TPSA) is 12.4 Å². The van der Waals surface area contributed by atoms with Crippen LogP contribution in [0.25, 0.3) is 0 Å². The van der Waals surface area contributed by atoms with Gasteiger partial charge in [-0.3, -0.25) is 4.99 Å². The average Bonchev–Trinajstić information content (AvgIpc) is 2.18. The second-order valence-electron chi connectivity index (χ2n) is 4.67. The second-order valence-corrected chi connectivity index (χ2v) is 4.67. The smallest absolute Gasteiger partial charge is 0.0545 e. The summed E-state index contributed by atoms with van der Waals surface area (Å²) in [6, 6.07) is 10.7. The van der Waals surface area contributed by atoms with Crippen LogP contribution in [0.3, 0.4) is 0 Å². The van der Waals surface area contributed by atoms with E-state index in [9.17, 15) is 0 Å². The maximum Gasteiger partial charge on any atom is 0.0545 e. The second kappa shape index (κ2) is 5.69. The molecule has 0 radical (unpaired) electrons. The molecule has 0 spiro atoms. The van der Waals surface area contributed by atoms with Crippen LogP contribution in [0.4, 0.5) is 0 Å². The molecule has 0 aliphatic rings. The van der Waals surface area contributed by atoms with Gasteiger partial charge in [-0.1, -0.05) is 58.0 Å². The zero-order valence-corrected chi connectivity index (χ0v) is 10.1. The summed E-state index contributed by atoms with van der Waals surface area (Å²) in [5.74, 6) is 1.20. The Morgan fingerprint density at radius 3 is 1.93 bits per heavy atom. The summed E-state index contributed by atoms with van der Waals surface area (Å²) in [5.41, 5.74) is 1.18. The van der Waals surface area contributed by atoms with Gasteiger partial charge in [-0.2, -0.15) is 0 Å². The molecule has 0 bridgehead atoms. The van der Waals surface area contributed by atoms with Crippen molar-refractivity contribution in [2.75, 3.05) is 0 Å². The maximum absolute atomic E-state index is 4.67. The van der Waals surface area contributed by atoms with E-state index in [0.29, 0.717) is 17.9 Å². The summed E-state index contributed by atoms with van der Waals surface area (Å²) in [6.45, 7) is 8.92. The number of aliphatic imine (C=N–C) groups is 1. The lowest BCUT2D eigenvalue weighted by Gasteiger charge is -2.20. The number of hydrogen-bond acceptors (Lipinski definition) is 1. The highest BCUT2D eigenvalue weighted by atomic mass is 14.8. The third-order valence-corrected chi connectivity index (χ3v) is 2.56. The third kappa shape index (κ3) is 3.86. The molecule has 0 aliphatic carbocycles. The first-order chi connectivity index (χ1) is 7.11. The van der Waals surface area contributed by atoms with E-state index in [-0.39, 0.29) is 0 Å². The molecule has 15 heavy (non-hydrogen) atoms. The summed E-state index contributed by atoms with van der Waals surface area (Å²) in [4.78, 5) is 4.67. The Morgan fingerprint density at radius 1 is 0.933 bits per heavy atom. The molecule has 0 saturated heterocycles. The van der Waals surface area contributed by atoms with Gasteiger partial charge in [0.1, 0.15) is 0 Å². The van der Waals surface area contributed by atoms with Crippen molar-refractivity contribution in [2.45, 2.75) is 33.7 Å². The minimum atomic E-state index is 0.421. The zero-order valence-electron chi connectivity index (χ0n) is 10.1. The molecule has 1 rings (SSSR count). The Hall–Kier alpha value is -1.11. The van der Waals surface area contributed by atoms with Gasteiger partial charge in [-0.15, -0.1) is 0 Å². The molecule has 0 aromatic heterocycles. The molecule has 0 atom stereocenters. The molecule has 0 unspecified atom stereocenters. The van der Waals surface area contributed by atoms with Crippen LogP contribution < -0.4 is 0 Å². The van der Waals surface area contributed by atoms with E-state index in [1.165, 1.54) is 5.56 Å². The van der Waals surface area contributed by atoms with Gasteiger partial charge in [0, 0.05) is 6.21 Å². The number of nitrogens with zero attached hydrogens (tertiary/aromatic N) is 1. The number of benzene rings is 1. The van der Waals surface area contributed by atoms with Crippen LogP contribution in [0, 0.1) is 11.8 Å². The zero-order chi connectivity index (χ0) is 11.3. The highest BCUT2D eigenvalue weighted by molar-refractivity contribution is 5.79. The Bertz CT molecular complexity index is 290. The summed E-state index contributed by atoms with van der Waals surface area (Å²) in [6.07, 6.45) is 1.99. The van der Waals surface area contributed by atoms with Crippen LogP contribution in [-0.4, -0.2) is 12.3 Å². The van der Waals surface area contributed by atoms with Gasteiger partial charge in [0.2, 0.25) is 0 Å². The van der Waals surface area contributed by atoms with Gasteiger partial charge >= 0.3 is 0 Å². The van der Waals surface area contributed by atoms with E-state index in [1.807, 2.05) is 24.4 Å². The summed E-state index contributed by atoms with van der Waals surface area (Å²) >= 11 is 0. The lowest BCUT2D eigenvalue weighted by atomic mass is 9.94. The molecule has 1 aromatic rings. The Balaban J connectivity index is 2.70. The summed E-state index contributed by atoms with van der Waals surface area (Å²) in [7, 11) is 0. The molecule has 0 amide bonds. The molecule has 0 heterocycles. The molecule has 1 heteroatoms. The lowest BCUT2D eigenvalue weighted by molar-refractivity contribution is 0.390. The van der Waals surface area contributed by atoms with Crippen LogP contribution in [0.5, 0.6) is 0 Å². The fourth-order valence-electron chi connectivity index (χ4n) is 1.83. The average molecular weight is 203 g/mol.